The molecule has 156 valence electrons. The summed E-state index contributed by atoms with van der Waals surface area (Å²) in [7, 11) is 6.12. The monoisotopic (exact) mass is 401 g/mol. The molecule has 3 aromatic carbocycles. The van der Waals surface area contributed by atoms with Crippen LogP contribution in [0.3, 0.4) is 0 Å². The summed E-state index contributed by atoms with van der Waals surface area (Å²) in [6, 6.07) is 20.9. The van der Waals surface area contributed by atoms with Gasteiger partial charge in [-0.2, -0.15) is 0 Å². The molecule has 4 heteroatoms. The number of ether oxygens (including phenoxy) is 1. The Bertz CT molecular complexity index is 1010. The van der Waals surface area contributed by atoms with Crippen LogP contribution in [0, 0.1) is 13.8 Å². The number of rotatable bonds is 7. The fourth-order valence-corrected chi connectivity index (χ4v) is 3.06. The minimum atomic E-state index is 0.827. The summed E-state index contributed by atoms with van der Waals surface area (Å²) in [5, 5.41) is 0. The topological polar surface area (TPSA) is 28.1 Å². The average Bonchev–Trinajstić information content (AvgIpc) is 2.75. The van der Waals surface area contributed by atoms with Crippen molar-refractivity contribution in [1.29, 1.82) is 0 Å². The lowest BCUT2D eigenvalue weighted by atomic mass is 10.1. The highest BCUT2D eigenvalue weighted by molar-refractivity contribution is 5.67. The number of hydrogen-bond acceptors (Lipinski definition) is 3. The second-order valence-electron chi connectivity index (χ2n) is 7.79. The van der Waals surface area contributed by atoms with Crippen molar-refractivity contribution in [3.05, 3.63) is 71.8 Å². The third-order valence-corrected chi connectivity index (χ3v) is 5.19. The van der Waals surface area contributed by atoms with Crippen LogP contribution in [-0.4, -0.2) is 38.9 Å². The fourth-order valence-electron chi connectivity index (χ4n) is 3.06. The maximum atomic E-state index is 6.16. The molecule has 0 aliphatic rings. The predicted octanol–water partition coefficient (Wildman–Crippen LogP) is 6.44. The Balaban J connectivity index is 1.75. The van der Waals surface area contributed by atoms with Gasteiger partial charge in [0.25, 0.3) is 0 Å². The van der Waals surface area contributed by atoms with E-state index in [9.17, 15) is 0 Å². The molecule has 0 aromatic heterocycles. The molecule has 0 amide bonds. The Labute approximate surface area is 180 Å². The normalized spacial score (nSPS) is 11.0. The summed E-state index contributed by atoms with van der Waals surface area (Å²) in [4.78, 5) is 8.74. The number of aliphatic imine (C=N–C) groups is 1. The molecule has 0 atom stereocenters. The van der Waals surface area contributed by atoms with Crippen molar-refractivity contribution < 1.29 is 4.74 Å². The summed E-state index contributed by atoms with van der Waals surface area (Å²) in [6.07, 6.45) is 1.87. The van der Waals surface area contributed by atoms with Crippen molar-refractivity contribution >= 4 is 17.7 Å². The number of hydrogen-bond donors (Lipinski definition) is 0. The number of benzene rings is 3. The van der Waals surface area contributed by atoms with Gasteiger partial charge in [0.05, 0.1) is 12.0 Å². The van der Waals surface area contributed by atoms with E-state index >= 15 is 0 Å². The van der Waals surface area contributed by atoms with E-state index in [1.165, 1.54) is 16.8 Å². The van der Waals surface area contributed by atoms with Gasteiger partial charge in [-0.25, -0.2) is 4.99 Å². The van der Waals surface area contributed by atoms with Gasteiger partial charge in [-0.05, 0) is 79.4 Å². The molecule has 0 spiro atoms. The van der Waals surface area contributed by atoms with Crippen LogP contribution in [0.2, 0.25) is 0 Å². The van der Waals surface area contributed by atoms with E-state index in [0.717, 1.165) is 34.9 Å². The summed E-state index contributed by atoms with van der Waals surface area (Å²) in [5.41, 5.74) is 6.68. The van der Waals surface area contributed by atoms with E-state index in [2.05, 4.69) is 84.1 Å². The Morgan fingerprint density at radius 3 is 2.00 bits per heavy atom. The Morgan fingerprint density at radius 2 is 1.43 bits per heavy atom. The molecule has 30 heavy (non-hydrogen) atoms. The molecule has 4 nitrogen and oxygen atoms in total. The second kappa shape index (κ2) is 9.49. The maximum Gasteiger partial charge on any atom is 0.130 e. The van der Waals surface area contributed by atoms with Crippen LogP contribution in [-0.2, 0) is 0 Å². The first kappa shape index (κ1) is 21.4. The van der Waals surface area contributed by atoms with Gasteiger partial charge < -0.3 is 14.5 Å². The molecule has 0 radical (unpaired) electrons. The summed E-state index contributed by atoms with van der Waals surface area (Å²) < 4.78 is 6.16. The van der Waals surface area contributed by atoms with Crippen molar-refractivity contribution in [2.75, 3.05) is 32.6 Å². The Kier molecular flexibility index (Phi) is 6.78. The molecule has 3 rings (SSSR count). The predicted molar refractivity (Wildman–Crippen MR) is 129 cm³/mol. The van der Waals surface area contributed by atoms with Gasteiger partial charge in [-0.15, -0.1) is 0 Å². The first-order valence-corrected chi connectivity index (χ1v) is 10.3. The lowest BCUT2D eigenvalue weighted by molar-refractivity contribution is 0.478. The van der Waals surface area contributed by atoms with Crippen LogP contribution in [0.1, 0.15) is 18.1 Å². The van der Waals surface area contributed by atoms with Crippen LogP contribution < -0.4 is 9.64 Å². The first-order chi connectivity index (χ1) is 14.4. The molecule has 0 unspecified atom stereocenters. The number of aryl methyl sites for hydroxylation is 2. The summed E-state index contributed by atoms with van der Waals surface area (Å²) >= 11 is 0. The largest absolute Gasteiger partial charge is 0.457 e. The van der Waals surface area contributed by atoms with E-state index in [1.807, 2.05) is 39.6 Å². The van der Waals surface area contributed by atoms with E-state index in [-0.39, 0.29) is 0 Å². The SMILES string of the molecule is CCN(C)C=Nc1cc(C)c(Oc2ccc(-c3ccc(N(C)C)cc3)cc2)cc1C. The highest BCUT2D eigenvalue weighted by atomic mass is 16.5. The van der Waals surface area contributed by atoms with Crippen molar-refractivity contribution in [1.82, 2.24) is 4.90 Å². The van der Waals surface area contributed by atoms with E-state index in [4.69, 9.17) is 4.74 Å². The van der Waals surface area contributed by atoms with E-state index in [1.54, 1.807) is 0 Å². The third-order valence-electron chi connectivity index (χ3n) is 5.19. The molecule has 0 heterocycles. The molecular formula is C26H31N3O. The average molecular weight is 402 g/mol. The van der Waals surface area contributed by atoms with Crippen molar-refractivity contribution in [2.24, 2.45) is 4.99 Å². The lowest BCUT2D eigenvalue weighted by Gasteiger charge is -2.14. The molecule has 0 bridgehead atoms. The van der Waals surface area contributed by atoms with Gasteiger partial charge in [-0.1, -0.05) is 24.3 Å². The molecule has 0 aliphatic heterocycles. The first-order valence-electron chi connectivity index (χ1n) is 10.3. The van der Waals surface area contributed by atoms with Gasteiger partial charge in [0.15, 0.2) is 0 Å². The van der Waals surface area contributed by atoms with Crippen molar-refractivity contribution in [3.8, 4) is 22.6 Å². The fraction of sp³-hybridized carbons (Fsp3) is 0.269. The summed E-state index contributed by atoms with van der Waals surface area (Å²) in [6.45, 7) is 7.15. The molecule has 0 fully saturated rings. The zero-order valence-electron chi connectivity index (χ0n) is 18.8. The number of anilines is 1. The maximum absolute atomic E-state index is 6.16. The van der Waals surface area contributed by atoms with Crippen molar-refractivity contribution in [2.45, 2.75) is 20.8 Å². The highest BCUT2D eigenvalue weighted by Gasteiger charge is 2.07. The van der Waals surface area contributed by atoms with Crippen LogP contribution >= 0.6 is 0 Å². The van der Waals surface area contributed by atoms with Crippen LogP contribution in [0.5, 0.6) is 11.5 Å². The van der Waals surface area contributed by atoms with Gasteiger partial charge in [0.1, 0.15) is 11.5 Å². The number of nitrogens with zero attached hydrogens (tertiary/aromatic N) is 3. The molecule has 0 aliphatic carbocycles. The zero-order chi connectivity index (χ0) is 21.7. The molecule has 0 saturated carbocycles. The minimum Gasteiger partial charge on any atom is -0.457 e. The quantitative estimate of drug-likeness (QED) is 0.337. The minimum absolute atomic E-state index is 0.827. The van der Waals surface area contributed by atoms with Gasteiger partial charge in [-0.3, -0.25) is 0 Å². The Morgan fingerprint density at radius 1 is 0.833 bits per heavy atom. The molecule has 0 saturated heterocycles. The van der Waals surface area contributed by atoms with E-state index < -0.39 is 0 Å². The van der Waals surface area contributed by atoms with Gasteiger partial charge in [0, 0.05) is 33.4 Å². The van der Waals surface area contributed by atoms with Crippen LogP contribution in [0.25, 0.3) is 11.1 Å². The third kappa shape index (κ3) is 5.20. The smallest absolute Gasteiger partial charge is 0.130 e. The standard InChI is InChI=1S/C26H31N3O/c1-7-29(6)18-27-25-16-20(3)26(17-19(25)2)30-24-14-10-22(11-15-24)21-8-12-23(13-9-21)28(4)5/h8-18H,7H2,1-6H3. The molecular weight excluding hydrogens is 370 g/mol. The summed E-state index contributed by atoms with van der Waals surface area (Å²) in [5.74, 6) is 1.69. The molecule has 3 aromatic rings. The van der Waals surface area contributed by atoms with E-state index in [0.29, 0.717) is 0 Å². The van der Waals surface area contributed by atoms with Crippen molar-refractivity contribution in [3.63, 3.8) is 0 Å². The second-order valence-corrected chi connectivity index (χ2v) is 7.79. The Hall–Kier alpha value is -3.27. The lowest BCUT2D eigenvalue weighted by Crippen LogP contribution is -2.14. The molecule has 0 N–H and O–H groups in total. The van der Waals surface area contributed by atoms with Crippen LogP contribution in [0.4, 0.5) is 11.4 Å². The van der Waals surface area contributed by atoms with Gasteiger partial charge >= 0.3 is 0 Å². The zero-order valence-corrected chi connectivity index (χ0v) is 18.8. The van der Waals surface area contributed by atoms with Crippen LogP contribution in [0.15, 0.2) is 65.7 Å². The highest BCUT2D eigenvalue weighted by Crippen LogP contribution is 2.32. The van der Waals surface area contributed by atoms with Gasteiger partial charge in [0.2, 0.25) is 0 Å².